The Bertz CT molecular complexity index is 1970. The van der Waals surface area contributed by atoms with Crippen LogP contribution in [0.15, 0.2) is 70.3 Å². The number of aromatic nitrogens is 3. The summed E-state index contributed by atoms with van der Waals surface area (Å²) in [5.41, 5.74) is 5.12. The molecule has 0 aliphatic heterocycles. The number of hydrogen-bond acceptors (Lipinski definition) is 10. The van der Waals surface area contributed by atoms with Crippen molar-refractivity contribution in [3.8, 4) is 5.75 Å². The molecule has 0 saturated carbocycles. The molecule has 5 rings (SSSR count). The van der Waals surface area contributed by atoms with Gasteiger partial charge in [-0.2, -0.15) is 0 Å². The topological polar surface area (TPSA) is 181 Å². The van der Waals surface area contributed by atoms with Gasteiger partial charge in [-0.05, 0) is 76.6 Å². The third-order valence-electron chi connectivity index (χ3n) is 7.34. The van der Waals surface area contributed by atoms with E-state index in [9.17, 15) is 18.0 Å². The maximum Gasteiger partial charge on any atom is 0.274 e. The number of amides is 2. The molecule has 2 aromatic heterocycles. The molecule has 0 aliphatic carbocycles. The third-order valence-corrected chi connectivity index (χ3v) is 9.19. The first-order chi connectivity index (χ1) is 21.6. The van der Waals surface area contributed by atoms with E-state index in [1.165, 1.54) is 27.3 Å². The highest BCUT2D eigenvalue weighted by molar-refractivity contribution is 7.89. The number of rotatable bonds is 13. The Labute approximate surface area is 258 Å². The van der Waals surface area contributed by atoms with Crippen molar-refractivity contribution < 1.29 is 32.6 Å². The summed E-state index contributed by atoms with van der Waals surface area (Å²) < 4.78 is 38.5. The van der Waals surface area contributed by atoms with Crippen LogP contribution in [0.2, 0.25) is 0 Å². The fourth-order valence-corrected chi connectivity index (χ4v) is 5.93. The fraction of sp³-hybridized carbons (Fsp3) is 0.267. The normalized spacial score (nSPS) is 11.7. The van der Waals surface area contributed by atoms with Crippen LogP contribution in [-0.4, -0.2) is 78.9 Å². The minimum absolute atomic E-state index is 0.0134. The quantitative estimate of drug-likeness (QED) is 0.0852. The van der Waals surface area contributed by atoms with E-state index in [-0.39, 0.29) is 16.3 Å². The lowest BCUT2D eigenvalue weighted by Crippen LogP contribution is -2.25. The Kier molecular flexibility index (Phi) is 9.32. The fourth-order valence-electron chi connectivity index (χ4n) is 4.92. The Morgan fingerprint density at radius 3 is 2.51 bits per heavy atom. The minimum Gasteiger partial charge on any atom is -0.496 e. The van der Waals surface area contributed by atoms with Crippen LogP contribution in [0, 0.1) is 0 Å². The smallest absolute Gasteiger partial charge is 0.274 e. The molecule has 3 aromatic carbocycles. The Morgan fingerprint density at radius 1 is 0.978 bits per heavy atom. The van der Waals surface area contributed by atoms with Crippen molar-refractivity contribution in [3.63, 3.8) is 0 Å². The van der Waals surface area contributed by atoms with E-state index < -0.39 is 15.9 Å². The number of sulfonamides is 1. The number of unbranched alkanes of at least 4 members (excludes halogenated alkanes) is 1. The number of nitrogens with one attached hydrogen (secondary N) is 3. The Morgan fingerprint density at radius 2 is 1.76 bits per heavy atom. The zero-order valence-electron chi connectivity index (χ0n) is 24.9. The average Bonchev–Trinajstić information content (AvgIpc) is 3.69. The first-order valence-electron chi connectivity index (χ1n) is 14.0. The summed E-state index contributed by atoms with van der Waals surface area (Å²) in [6.07, 6.45) is 3.28. The molecular weight excluding hydrogens is 602 g/mol. The molecule has 0 saturated heterocycles. The highest BCUT2D eigenvalue weighted by Crippen LogP contribution is 2.28. The summed E-state index contributed by atoms with van der Waals surface area (Å²) in [5, 5.41) is 23.8. The van der Waals surface area contributed by atoms with Crippen molar-refractivity contribution in [2.24, 2.45) is 0 Å². The number of anilines is 1. The van der Waals surface area contributed by atoms with Gasteiger partial charge in [0.2, 0.25) is 10.0 Å². The van der Waals surface area contributed by atoms with Gasteiger partial charge >= 0.3 is 0 Å². The van der Waals surface area contributed by atoms with Crippen molar-refractivity contribution in [2.75, 3.05) is 39.6 Å². The number of nitrogens with zero attached hydrogens (tertiary/aromatic N) is 4. The molecule has 15 heteroatoms. The van der Waals surface area contributed by atoms with Crippen molar-refractivity contribution >= 4 is 49.5 Å². The van der Waals surface area contributed by atoms with Crippen LogP contribution < -0.4 is 20.9 Å². The van der Waals surface area contributed by atoms with Gasteiger partial charge in [-0.3, -0.25) is 14.8 Å². The van der Waals surface area contributed by atoms with Gasteiger partial charge in [0, 0.05) is 51.0 Å². The zero-order chi connectivity index (χ0) is 32.1. The van der Waals surface area contributed by atoms with Crippen molar-refractivity contribution in [1.29, 1.82) is 0 Å². The largest absolute Gasteiger partial charge is 0.496 e. The summed E-state index contributed by atoms with van der Waals surface area (Å²) in [6, 6.07) is 15.6. The maximum atomic E-state index is 13.1. The molecule has 2 amide bonds. The highest BCUT2D eigenvalue weighted by Gasteiger charge is 2.24. The molecule has 0 unspecified atom stereocenters. The zero-order valence-corrected chi connectivity index (χ0v) is 25.7. The van der Waals surface area contributed by atoms with Crippen LogP contribution in [0.1, 0.15) is 39.1 Å². The highest BCUT2D eigenvalue weighted by atomic mass is 32.2. The van der Waals surface area contributed by atoms with Gasteiger partial charge in [0.05, 0.1) is 18.4 Å². The number of carbonyl (C=O) groups excluding carboxylic acids is 2. The second-order valence-corrected chi connectivity index (χ2v) is 12.6. The number of ether oxygens (including phenoxy) is 1. The molecular formula is C30H33N7O7S. The van der Waals surface area contributed by atoms with Crippen LogP contribution >= 0.6 is 0 Å². The molecule has 0 atom stereocenters. The number of hydrogen-bond donors (Lipinski definition) is 4. The first kappa shape index (κ1) is 31.4. The number of methoxy groups -OCH3 is 1. The van der Waals surface area contributed by atoms with E-state index in [0.29, 0.717) is 60.6 Å². The molecule has 0 spiro atoms. The summed E-state index contributed by atoms with van der Waals surface area (Å²) in [4.78, 5) is 25.0. The van der Waals surface area contributed by atoms with Gasteiger partial charge in [0.25, 0.3) is 11.8 Å². The SMILES string of the molecule is COc1ccc(Cn2ccc3ccc(C(=O)NO)cc32)cc1C(=O)NCCCCNc1ccc(S(=O)(=O)N(C)C)c2nonc12. The second kappa shape index (κ2) is 13.3. The first-order valence-corrected chi connectivity index (χ1v) is 15.5. The monoisotopic (exact) mass is 635 g/mol. The number of fused-ring (bicyclic) bond motifs is 2. The van der Waals surface area contributed by atoms with Crippen molar-refractivity contribution in [2.45, 2.75) is 24.3 Å². The van der Waals surface area contributed by atoms with Gasteiger partial charge in [-0.1, -0.05) is 12.1 Å². The lowest BCUT2D eigenvalue weighted by atomic mass is 10.1. The van der Waals surface area contributed by atoms with Gasteiger partial charge in [0.1, 0.15) is 10.6 Å². The molecule has 0 fully saturated rings. The van der Waals surface area contributed by atoms with E-state index in [4.69, 9.17) is 14.6 Å². The van der Waals surface area contributed by atoms with E-state index in [0.717, 1.165) is 20.8 Å². The van der Waals surface area contributed by atoms with Crippen LogP contribution in [0.4, 0.5) is 5.69 Å². The molecule has 0 bridgehead atoms. The number of hydroxylamine groups is 1. The maximum absolute atomic E-state index is 13.1. The standard InChI is InChI=1S/C30H33N7O7S/c1-36(2)45(41,42)26-11-9-23(27-28(26)35-44-34-27)31-13-4-5-14-32-30(39)22-16-19(6-10-25(22)43-3)18-37-15-12-20-7-8-21(17-24(20)37)29(38)33-40/h6-12,15-17,31,40H,4-5,13-14,18H2,1-3H3,(H,32,39)(H,33,38). The molecule has 45 heavy (non-hydrogen) atoms. The number of carbonyl (C=O) groups is 2. The van der Waals surface area contributed by atoms with Crippen LogP contribution in [0.5, 0.6) is 5.75 Å². The summed E-state index contributed by atoms with van der Waals surface area (Å²) in [6.45, 7) is 1.41. The Balaban J connectivity index is 1.18. The average molecular weight is 636 g/mol. The van der Waals surface area contributed by atoms with E-state index in [2.05, 4.69) is 20.9 Å². The van der Waals surface area contributed by atoms with E-state index in [1.54, 1.807) is 41.9 Å². The predicted molar refractivity (Wildman–Crippen MR) is 166 cm³/mol. The Hall–Kier alpha value is -4.99. The summed E-state index contributed by atoms with van der Waals surface area (Å²) >= 11 is 0. The van der Waals surface area contributed by atoms with Crippen LogP contribution in [0.25, 0.3) is 21.9 Å². The molecule has 5 aromatic rings. The van der Waals surface area contributed by atoms with E-state index in [1.807, 2.05) is 22.9 Å². The molecule has 0 radical (unpaired) electrons. The van der Waals surface area contributed by atoms with Crippen molar-refractivity contribution in [3.05, 3.63) is 77.5 Å². The predicted octanol–water partition coefficient (Wildman–Crippen LogP) is 3.23. The van der Waals surface area contributed by atoms with Gasteiger partial charge in [0.15, 0.2) is 11.0 Å². The molecule has 236 valence electrons. The number of benzene rings is 3. The van der Waals surface area contributed by atoms with Gasteiger partial charge < -0.3 is 19.9 Å². The minimum atomic E-state index is -3.72. The summed E-state index contributed by atoms with van der Waals surface area (Å²) in [7, 11) is 0.674. The molecule has 14 nitrogen and oxygen atoms in total. The van der Waals surface area contributed by atoms with Crippen LogP contribution in [0.3, 0.4) is 0 Å². The summed E-state index contributed by atoms with van der Waals surface area (Å²) in [5.74, 6) is -0.420. The van der Waals surface area contributed by atoms with E-state index >= 15 is 0 Å². The second-order valence-electron chi connectivity index (χ2n) is 10.4. The van der Waals surface area contributed by atoms with Crippen LogP contribution in [-0.2, 0) is 16.6 Å². The molecule has 0 aliphatic rings. The van der Waals surface area contributed by atoms with Crippen molar-refractivity contribution in [1.82, 2.24) is 30.0 Å². The lowest BCUT2D eigenvalue weighted by Gasteiger charge is -2.13. The molecule has 4 N–H and O–H groups in total. The lowest BCUT2D eigenvalue weighted by molar-refractivity contribution is 0.0706. The third kappa shape index (κ3) is 6.60. The van der Waals surface area contributed by atoms with Gasteiger partial charge in [-0.15, -0.1) is 0 Å². The van der Waals surface area contributed by atoms with Gasteiger partial charge in [-0.25, -0.2) is 22.8 Å². The molecule has 2 heterocycles.